The Kier molecular flexibility index (Phi) is 15.9. The summed E-state index contributed by atoms with van der Waals surface area (Å²) in [4.78, 5) is 26.4. The van der Waals surface area contributed by atoms with Crippen LogP contribution >= 0.6 is 48.0 Å². The molecule has 3 rings (SSSR count). The summed E-state index contributed by atoms with van der Waals surface area (Å²) < 4.78 is 5.54. The summed E-state index contributed by atoms with van der Waals surface area (Å²) in [5, 5.41) is 20.5. The van der Waals surface area contributed by atoms with Gasteiger partial charge in [0.2, 0.25) is 5.91 Å². The lowest BCUT2D eigenvalue weighted by atomic mass is 10.1. The number of hydrogen-bond donors (Lipinski definition) is 4. The number of amides is 2. The first-order valence-electron chi connectivity index (χ1n) is 12.7. The molecule has 218 valence electrons. The van der Waals surface area contributed by atoms with E-state index in [1.54, 1.807) is 18.2 Å². The molecule has 1 aliphatic heterocycles. The molecule has 39 heavy (non-hydrogen) atoms. The van der Waals surface area contributed by atoms with Gasteiger partial charge >= 0.3 is 0 Å². The summed E-state index contributed by atoms with van der Waals surface area (Å²) >= 11 is 12.0. The molecule has 1 heterocycles. The second-order valence-corrected chi connectivity index (χ2v) is 9.94. The number of nitrogens with zero attached hydrogens (tertiary/aromatic N) is 1. The number of fused-ring (bicyclic) bond motifs is 1. The third-order valence-electron chi connectivity index (χ3n) is 6.46. The van der Waals surface area contributed by atoms with Crippen LogP contribution in [0.25, 0.3) is 0 Å². The fourth-order valence-electron chi connectivity index (χ4n) is 4.16. The van der Waals surface area contributed by atoms with Crippen LogP contribution in [0.2, 0.25) is 10.0 Å². The van der Waals surface area contributed by atoms with Gasteiger partial charge in [0.15, 0.2) is 12.4 Å². The largest absolute Gasteiger partial charge is 0.506 e. The van der Waals surface area contributed by atoms with Gasteiger partial charge in [-0.1, -0.05) is 42.3 Å². The van der Waals surface area contributed by atoms with Crippen molar-refractivity contribution in [2.24, 2.45) is 0 Å². The Morgan fingerprint density at radius 2 is 1.79 bits per heavy atom. The van der Waals surface area contributed by atoms with E-state index in [9.17, 15) is 14.7 Å². The van der Waals surface area contributed by atoms with Gasteiger partial charge in [0.25, 0.3) is 5.91 Å². The molecule has 1 atom stereocenters. The molecule has 8 nitrogen and oxygen atoms in total. The van der Waals surface area contributed by atoms with E-state index in [0.29, 0.717) is 60.5 Å². The van der Waals surface area contributed by atoms with Gasteiger partial charge in [-0.2, -0.15) is 0 Å². The van der Waals surface area contributed by atoms with Crippen LogP contribution in [0.3, 0.4) is 0 Å². The number of nitrogens with one attached hydrogen (secondary N) is 3. The molecule has 0 aromatic heterocycles. The minimum absolute atomic E-state index is 0. The second-order valence-electron chi connectivity index (χ2n) is 9.13. The normalized spacial score (nSPS) is 12.8. The van der Waals surface area contributed by atoms with Crippen LogP contribution in [-0.4, -0.2) is 67.2 Å². The van der Waals surface area contributed by atoms with Crippen LogP contribution in [-0.2, 0) is 22.4 Å². The average molecular weight is 624 g/mol. The molecule has 4 N–H and O–H groups in total. The fourth-order valence-corrected chi connectivity index (χ4v) is 4.48. The molecule has 2 aromatic carbocycles. The van der Waals surface area contributed by atoms with E-state index < -0.39 is 0 Å². The molecule has 2 aromatic rings. The number of carbonyl (C=O) groups excluding carboxylic acids is 2. The zero-order valence-corrected chi connectivity index (χ0v) is 25.4. The number of carbonyl (C=O) groups is 2. The highest BCUT2D eigenvalue weighted by Crippen LogP contribution is 2.39. The summed E-state index contributed by atoms with van der Waals surface area (Å²) in [6.45, 7) is 7.43. The number of benzene rings is 2. The highest BCUT2D eigenvalue weighted by Gasteiger charge is 2.22. The molecule has 1 aliphatic rings. The number of phenols is 1. The van der Waals surface area contributed by atoms with E-state index >= 15 is 0 Å². The van der Waals surface area contributed by atoms with Crippen molar-refractivity contribution in [3.05, 3.63) is 51.5 Å². The summed E-state index contributed by atoms with van der Waals surface area (Å²) in [5.74, 6) is 0.361. The van der Waals surface area contributed by atoms with Gasteiger partial charge in [-0.05, 0) is 68.6 Å². The molecule has 0 spiro atoms. The predicted octanol–water partition coefficient (Wildman–Crippen LogP) is 4.86. The Hall–Kier alpha value is -1.94. The molecule has 0 radical (unpaired) electrons. The third-order valence-corrected chi connectivity index (χ3v) is 7.20. The van der Waals surface area contributed by atoms with Crippen molar-refractivity contribution in [1.82, 2.24) is 15.5 Å². The van der Waals surface area contributed by atoms with Crippen molar-refractivity contribution in [2.45, 2.75) is 45.6 Å². The summed E-state index contributed by atoms with van der Waals surface area (Å²) in [6.07, 6.45) is 2.80. The minimum Gasteiger partial charge on any atom is -0.506 e. The smallest absolute Gasteiger partial charge is 0.262 e. The molecule has 0 aliphatic carbocycles. The maximum absolute atomic E-state index is 12.9. The quantitative estimate of drug-likeness (QED) is 0.177. The van der Waals surface area contributed by atoms with Crippen LogP contribution in [0.1, 0.15) is 37.8 Å². The monoisotopic (exact) mass is 622 g/mol. The van der Waals surface area contributed by atoms with E-state index in [-0.39, 0.29) is 55.0 Å². The van der Waals surface area contributed by atoms with Crippen molar-refractivity contribution in [3.63, 3.8) is 0 Å². The van der Waals surface area contributed by atoms with Gasteiger partial charge in [-0.3, -0.25) is 9.59 Å². The van der Waals surface area contributed by atoms with Crippen molar-refractivity contribution >= 4 is 65.5 Å². The first-order chi connectivity index (χ1) is 17.8. The predicted molar refractivity (Wildman–Crippen MR) is 162 cm³/mol. The standard InChI is InChI=1S/C27H36Cl2N4O4.2ClH/c1-3-18(2)33(25(36)10-13-30-11-8-19-4-6-21(28)22(29)16-19)15-14-31-12-9-20-5-7-23(34)26-27(20)37-17-24(35)32-26;;/h4-7,16,18,30-31,34H,3,8-15,17H2,1-2H3,(H,32,35);2*1H. The molecular formula is C27H38Cl4N4O4. The maximum atomic E-state index is 12.9. The van der Waals surface area contributed by atoms with Gasteiger partial charge in [0, 0.05) is 32.1 Å². The SMILES string of the molecule is CCC(C)N(CCNCCc1ccc(O)c2c1OCC(=O)N2)C(=O)CCNCCc1ccc(Cl)c(Cl)c1.Cl.Cl. The average Bonchev–Trinajstić information content (AvgIpc) is 2.88. The second kappa shape index (κ2) is 17.7. The lowest BCUT2D eigenvalue weighted by Gasteiger charge is -2.29. The molecule has 1 unspecified atom stereocenters. The molecular weight excluding hydrogens is 586 g/mol. The summed E-state index contributed by atoms with van der Waals surface area (Å²) in [7, 11) is 0. The molecule has 0 bridgehead atoms. The Bertz CT molecular complexity index is 1090. The van der Waals surface area contributed by atoms with E-state index in [1.165, 1.54) is 0 Å². The minimum atomic E-state index is -0.283. The third kappa shape index (κ3) is 10.5. The first kappa shape index (κ1) is 35.1. The van der Waals surface area contributed by atoms with Crippen LogP contribution in [0.15, 0.2) is 30.3 Å². The zero-order chi connectivity index (χ0) is 26.8. The number of aromatic hydroxyl groups is 1. The van der Waals surface area contributed by atoms with Gasteiger partial charge in [-0.25, -0.2) is 0 Å². The number of halogens is 4. The van der Waals surface area contributed by atoms with Crippen LogP contribution < -0.4 is 20.7 Å². The van der Waals surface area contributed by atoms with Crippen molar-refractivity contribution in [3.8, 4) is 11.5 Å². The maximum Gasteiger partial charge on any atom is 0.262 e. The topological polar surface area (TPSA) is 103 Å². The van der Waals surface area contributed by atoms with E-state index in [4.69, 9.17) is 27.9 Å². The molecule has 12 heteroatoms. The number of anilines is 1. The lowest BCUT2D eigenvalue weighted by Crippen LogP contribution is -2.43. The molecule has 2 amide bonds. The number of hydrogen-bond acceptors (Lipinski definition) is 6. The number of phenolic OH excluding ortho intramolecular Hbond substituents is 1. The molecule has 0 saturated carbocycles. The Balaban J connectivity index is 0.00000380. The van der Waals surface area contributed by atoms with E-state index in [1.807, 2.05) is 17.0 Å². The fraction of sp³-hybridized carbons (Fsp3) is 0.481. The van der Waals surface area contributed by atoms with E-state index in [2.05, 4.69) is 29.8 Å². The van der Waals surface area contributed by atoms with Crippen LogP contribution in [0.5, 0.6) is 11.5 Å². The zero-order valence-electron chi connectivity index (χ0n) is 22.2. The Morgan fingerprint density at radius 1 is 1.08 bits per heavy atom. The Labute approximate surface area is 253 Å². The Morgan fingerprint density at radius 3 is 2.51 bits per heavy atom. The van der Waals surface area contributed by atoms with Gasteiger partial charge in [0.05, 0.1) is 10.0 Å². The summed E-state index contributed by atoms with van der Waals surface area (Å²) in [6, 6.07) is 9.15. The number of rotatable bonds is 14. The van der Waals surface area contributed by atoms with Crippen LogP contribution in [0, 0.1) is 0 Å². The van der Waals surface area contributed by atoms with Crippen LogP contribution in [0.4, 0.5) is 5.69 Å². The van der Waals surface area contributed by atoms with Crippen molar-refractivity contribution < 1.29 is 19.4 Å². The molecule has 0 saturated heterocycles. The van der Waals surface area contributed by atoms with Crippen molar-refractivity contribution in [2.75, 3.05) is 44.6 Å². The lowest BCUT2D eigenvalue weighted by molar-refractivity contribution is -0.133. The van der Waals surface area contributed by atoms with Gasteiger partial charge in [0.1, 0.15) is 11.4 Å². The number of ether oxygens (including phenoxy) is 1. The molecule has 0 fully saturated rings. The highest BCUT2D eigenvalue weighted by atomic mass is 35.5. The summed E-state index contributed by atoms with van der Waals surface area (Å²) in [5.41, 5.74) is 2.33. The highest BCUT2D eigenvalue weighted by molar-refractivity contribution is 6.42. The first-order valence-corrected chi connectivity index (χ1v) is 13.5. The van der Waals surface area contributed by atoms with Gasteiger partial charge in [-0.15, -0.1) is 24.8 Å². The van der Waals surface area contributed by atoms with Gasteiger partial charge < -0.3 is 30.7 Å². The van der Waals surface area contributed by atoms with Crippen molar-refractivity contribution in [1.29, 1.82) is 0 Å². The van der Waals surface area contributed by atoms with E-state index in [0.717, 1.165) is 30.5 Å².